The summed E-state index contributed by atoms with van der Waals surface area (Å²) in [5, 5.41) is 0. The van der Waals surface area contributed by atoms with E-state index in [4.69, 9.17) is 4.74 Å². The van der Waals surface area contributed by atoms with Crippen molar-refractivity contribution in [2.75, 3.05) is 29.4 Å². The third-order valence-electron chi connectivity index (χ3n) is 15.9. The molecule has 0 heterocycles. The van der Waals surface area contributed by atoms with E-state index in [-0.39, 0.29) is 0 Å². The molecule has 0 radical (unpaired) electrons. The molecule has 0 aliphatic heterocycles. The Morgan fingerprint density at radius 1 is 0.121 bits per heavy atom. The van der Waals surface area contributed by atoms with Gasteiger partial charge in [0.25, 0.3) is 0 Å². The molecule has 91 heavy (non-hydrogen) atoms. The Morgan fingerprint density at radius 2 is 0.275 bits per heavy atom. The molecular formula is C84H64N6O. The van der Waals surface area contributed by atoms with Gasteiger partial charge in [0, 0.05) is 92.1 Å². The van der Waals surface area contributed by atoms with E-state index in [1.54, 1.807) is 0 Å². The lowest BCUT2D eigenvalue weighted by atomic mass is 10.1. The Labute approximate surface area is 533 Å². The lowest BCUT2D eigenvalue weighted by Crippen LogP contribution is -2.16. The first-order valence-electron chi connectivity index (χ1n) is 30.6. The molecule has 0 spiro atoms. The van der Waals surface area contributed by atoms with Gasteiger partial charge in [-0.05, 0) is 176 Å². The smallest absolute Gasteiger partial charge is 0.131 e. The first-order chi connectivity index (χ1) is 45.1. The molecule has 0 unspecified atom stereocenters. The summed E-state index contributed by atoms with van der Waals surface area (Å²) in [6, 6.07) is 136. The quantitative estimate of drug-likeness (QED) is 0.0751. The van der Waals surface area contributed by atoms with Gasteiger partial charge in [0.2, 0.25) is 0 Å². The van der Waals surface area contributed by atoms with E-state index < -0.39 is 0 Å². The molecule has 7 nitrogen and oxygen atoms in total. The molecule has 0 aliphatic rings. The molecule has 0 bridgehead atoms. The first-order valence-corrected chi connectivity index (χ1v) is 30.6. The van der Waals surface area contributed by atoms with Crippen LogP contribution in [0.4, 0.5) is 102 Å². The SMILES string of the molecule is c1ccc(N(c2ccccc2)c2cccc(N(c3ccccc3)c3cc(Oc4cccc(N(c5ccccc5)c5cc(N(c6ccccc6)c6ccccc6)cc(N(c6ccccc6)c6ccccc6)c5)c4)cc(N(c4ccccc4)c4ccccc4)c3)c2)cc1. The second-order valence-electron chi connectivity index (χ2n) is 21.9. The molecule has 0 aliphatic carbocycles. The number of ether oxygens (including phenoxy) is 1. The predicted octanol–water partition coefficient (Wildman–Crippen LogP) is 24.3. The van der Waals surface area contributed by atoms with Crippen molar-refractivity contribution in [2.24, 2.45) is 0 Å². The van der Waals surface area contributed by atoms with Crippen LogP contribution in [0.25, 0.3) is 0 Å². The lowest BCUT2D eigenvalue weighted by Gasteiger charge is -2.33. The van der Waals surface area contributed by atoms with Crippen molar-refractivity contribution in [3.05, 3.63) is 388 Å². The fraction of sp³-hybridized carbons (Fsp3) is 0. The topological polar surface area (TPSA) is 28.7 Å². The van der Waals surface area contributed by atoms with Crippen LogP contribution in [0.15, 0.2) is 388 Å². The number of hydrogen-bond donors (Lipinski definition) is 0. The van der Waals surface area contributed by atoms with Crippen LogP contribution in [0.5, 0.6) is 11.5 Å². The van der Waals surface area contributed by atoms with E-state index in [1.165, 1.54) is 0 Å². The highest BCUT2D eigenvalue weighted by Gasteiger charge is 2.25. The minimum absolute atomic E-state index is 0.645. The van der Waals surface area contributed by atoms with Gasteiger partial charge in [-0.2, -0.15) is 0 Å². The number of hydrogen-bond acceptors (Lipinski definition) is 7. The zero-order valence-electron chi connectivity index (χ0n) is 50.0. The summed E-state index contributed by atoms with van der Waals surface area (Å²) in [7, 11) is 0. The highest BCUT2D eigenvalue weighted by atomic mass is 16.5. The van der Waals surface area contributed by atoms with Crippen molar-refractivity contribution >= 4 is 102 Å². The summed E-state index contributed by atoms with van der Waals surface area (Å²) in [5.41, 5.74) is 17.8. The summed E-state index contributed by atoms with van der Waals surface area (Å²) < 4.78 is 7.39. The summed E-state index contributed by atoms with van der Waals surface area (Å²) >= 11 is 0. The van der Waals surface area contributed by atoms with E-state index >= 15 is 0 Å². The fourth-order valence-electron chi connectivity index (χ4n) is 11.9. The van der Waals surface area contributed by atoms with Crippen molar-refractivity contribution in [1.82, 2.24) is 0 Å². The van der Waals surface area contributed by atoms with Gasteiger partial charge in [0.15, 0.2) is 0 Å². The third kappa shape index (κ3) is 12.6. The lowest BCUT2D eigenvalue weighted by molar-refractivity contribution is 0.483. The van der Waals surface area contributed by atoms with Gasteiger partial charge >= 0.3 is 0 Å². The van der Waals surface area contributed by atoms with Crippen molar-refractivity contribution < 1.29 is 4.74 Å². The van der Waals surface area contributed by atoms with Gasteiger partial charge in [0.05, 0.1) is 28.4 Å². The van der Waals surface area contributed by atoms with Crippen molar-refractivity contribution in [1.29, 1.82) is 0 Å². The summed E-state index contributed by atoms with van der Waals surface area (Å²) in [6.07, 6.45) is 0. The van der Waals surface area contributed by atoms with Crippen molar-refractivity contribution in [2.45, 2.75) is 0 Å². The number of anilines is 18. The van der Waals surface area contributed by atoms with Crippen LogP contribution in [0.1, 0.15) is 0 Å². The molecule has 0 atom stereocenters. The minimum atomic E-state index is 0.645. The Morgan fingerprint density at radius 3 is 0.516 bits per heavy atom. The third-order valence-corrected chi connectivity index (χ3v) is 15.9. The molecule has 14 aromatic carbocycles. The van der Waals surface area contributed by atoms with Crippen LogP contribution >= 0.6 is 0 Å². The van der Waals surface area contributed by atoms with Gasteiger partial charge in [-0.25, -0.2) is 0 Å². The van der Waals surface area contributed by atoms with Gasteiger partial charge < -0.3 is 34.1 Å². The molecule has 436 valence electrons. The van der Waals surface area contributed by atoms with Crippen LogP contribution < -0.4 is 34.1 Å². The van der Waals surface area contributed by atoms with Gasteiger partial charge in [-0.3, -0.25) is 0 Å². The standard InChI is InChI=1S/C84H64N6O/c1-11-33-65(34-12-1)85(66-35-13-2-14-36-66)75-53-31-54-76(57-75)89(73-49-27-9-28-50-73)82-61-81(88(71-45-23-7-24-46-71)72-47-25-8-26-48-72)63-84(64-82)91-83-56-32-55-77(62-83)90(74-51-29-10-30-52-74)80-59-78(86(67-37-15-3-16-38-67)68-39-17-4-18-40-68)58-79(60-80)87(69-41-19-5-20-42-69)70-43-21-6-22-44-70/h1-64H. The average molecular weight is 1170 g/mol. The van der Waals surface area contributed by atoms with Crippen LogP contribution in [0.2, 0.25) is 0 Å². The maximum absolute atomic E-state index is 7.39. The molecule has 0 fully saturated rings. The second-order valence-corrected chi connectivity index (χ2v) is 21.9. The number of para-hydroxylation sites is 10. The van der Waals surface area contributed by atoms with Crippen molar-refractivity contribution in [3.8, 4) is 11.5 Å². The largest absolute Gasteiger partial charge is 0.457 e. The zero-order chi connectivity index (χ0) is 61.0. The molecule has 14 aromatic rings. The molecule has 0 saturated carbocycles. The van der Waals surface area contributed by atoms with Crippen LogP contribution in [-0.4, -0.2) is 0 Å². The normalized spacial score (nSPS) is 10.9. The molecule has 7 heteroatoms. The van der Waals surface area contributed by atoms with Crippen LogP contribution in [0.3, 0.4) is 0 Å². The number of benzene rings is 14. The van der Waals surface area contributed by atoms with Gasteiger partial charge in [0.1, 0.15) is 11.5 Å². The Hall–Kier alpha value is -12.3. The zero-order valence-corrected chi connectivity index (χ0v) is 50.0. The average Bonchev–Trinajstić information content (AvgIpc) is 1.28. The van der Waals surface area contributed by atoms with Crippen LogP contribution in [0, 0.1) is 0 Å². The number of nitrogens with zero attached hydrogens (tertiary/aromatic N) is 6. The maximum atomic E-state index is 7.39. The maximum Gasteiger partial charge on any atom is 0.131 e. The highest BCUT2D eigenvalue weighted by molar-refractivity contribution is 5.91. The summed E-state index contributed by atoms with van der Waals surface area (Å²) in [4.78, 5) is 13.9. The molecule has 0 aromatic heterocycles. The molecule has 0 N–H and O–H groups in total. The Bertz CT molecular complexity index is 4350. The predicted molar refractivity (Wildman–Crippen MR) is 381 cm³/mol. The van der Waals surface area contributed by atoms with Gasteiger partial charge in [-0.1, -0.05) is 194 Å². The Balaban J connectivity index is 0.943. The first kappa shape index (κ1) is 56.5. The van der Waals surface area contributed by atoms with E-state index in [9.17, 15) is 0 Å². The van der Waals surface area contributed by atoms with Gasteiger partial charge in [-0.15, -0.1) is 0 Å². The molecular weight excluding hydrogens is 1110 g/mol. The minimum Gasteiger partial charge on any atom is -0.457 e. The van der Waals surface area contributed by atoms with E-state index in [0.717, 1.165) is 102 Å². The summed E-state index contributed by atoms with van der Waals surface area (Å²) in [5.74, 6) is 1.30. The van der Waals surface area contributed by atoms with E-state index in [1.807, 2.05) is 6.07 Å². The van der Waals surface area contributed by atoms with Crippen molar-refractivity contribution in [3.63, 3.8) is 0 Å². The van der Waals surface area contributed by atoms with E-state index in [0.29, 0.717) is 11.5 Å². The summed E-state index contributed by atoms with van der Waals surface area (Å²) in [6.45, 7) is 0. The second kappa shape index (κ2) is 26.7. The molecule has 0 saturated heterocycles. The monoisotopic (exact) mass is 1170 g/mol. The molecule has 14 rings (SSSR count). The molecule has 0 amide bonds. The Kier molecular flexibility index (Phi) is 16.6. The fourth-order valence-corrected chi connectivity index (χ4v) is 11.9. The highest BCUT2D eigenvalue weighted by Crippen LogP contribution is 2.49. The van der Waals surface area contributed by atoms with Crippen LogP contribution in [-0.2, 0) is 0 Å². The van der Waals surface area contributed by atoms with E-state index in [2.05, 4.69) is 412 Å². The number of rotatable bonds is 20.